The first-order valence-electron chi connectivity index (χ1n) is 4.43. The summed E-state index contributed by atoms with van der Waals surface area (Å²) in [6.07, 6.45) is 0.105. The van der Waals surface area contributed by atoms with Crippen LogP contribution in [0.3, 0.4) is 0 Å². The fourth-order valence-electron chi connectivity index (χ4n) is 1.27. The van der Waals surface area contributed by atoms with E-state index in [4.69, 9.17) is 9.47 Å². The number of benzene rings is 1. The minimum Gasteiger partial charge on any atom is -0.352 e. The van der Waals surface area contributed by atoms with Gasteiger partial charge in [0.1, 0.15) is 0 Å². The van der Waals surface area contributed by atoms with Gasteiger partial charge < -0.3 is 9.47 Å². The van der Waals surface area contributed by atoms with Crippen molar-refractivity contribution in [3.63, 3.8) is 0 Å². The third-order valence-corrected chi connectivity index (χ3v) is 1.91. The lowest BCUT2D eigenvalue weighted by Crippen LogP contribution is -2.05. The smallest absolute Gasteiger partial charge is 0.193 e. The summed E-state index contributed by atoms with van der Waals surface area (Å²) in [7, 11) is 3.11. The van der Waals surface area contributed by atoms with Crippen molar-refractivity contribution >= 4 is 6.29 Å². The fourth-order valence-corrected chi connectivity index (χ4v) is 1.27. The Morgan fingerprint density at radius 1 is 1.27 bits per heavy atom. The van der Waals surface area contributed by atoms with Gasteiger partial charge in [0.25, 0.3) is 0 Å². The molecule has 0 bridgehead atoms. The first-order chi connectivity index (χ1) is 7.33. The van der Waals surface area contributed by atoms with Crippen LogP contribution in [0.15, 0.2) is 24.3 Å². The van der Waals surface area contributed by atoms with E-state index in [2.05, 4.69) is 11.8 Å². The van der Waals surface area contributed by atoms with Gasteiger partial charge in [-0.25, -0.2) is 0 Å². The van der Waals surface area contributed by atoms with E-state index in [1.165, 1.54) is 0 Å². The lowest BCUT2D eigenvalue weighted by atomic mass is 10.1. The van der Waals surface area contributed by atoms with Crippen LogP contribution in [0, 0.1) is 11.8 Å². The molecule has 0 saturated heterocycles. The molecule has 0 unspecified atom stereocenters. The molecule has 1 rings (SSSR count). The van der Waals surface area contributed by atoms with Crippen molar-refractivity contribution in [3.05, 3.63) is 35.4 Å². The molecule has 1 aromatic rings. The van der Waals surface area contributed by atoms with E-state index >= 15 is 0 Å². The molecular formula is C12H12O3. The summed E-state index contributed by atoms with van der Waals surface area (Å²) in [5, 5.41) is 0. The maximum Gasteiger partial charge on any atom is 0.193 e. The molecule has 0 aliphatic rings. The normalized spacial score (nSPS) is 9.53. The molecule has 3 nitrogen and oxygen atoms in total. The van der Waals surface area contributed by atoms with Gasteiger partial charge >= 0.3 is 0 Å². The molecular weight excluding hydrogens is 192 g/mol. The second-order valence-corrected chi connectivity index (χ2v) is 2.78. The Bertz CT molecular complexity index is 383. The van der Waals surface area contributed by atoms with Crippen LogP contribution in [0.25, 0.3) is 0 Å². The van der Waals surface area contributed by atoms with Crippen LogP contribution >= 0.6 is 0 Å². The van der Waals surface area contributed by atoms with Crippen LogP contribution in [0.4, 0.5) is 0 Å². The highest BCUT2D eigenvalue weighted by atomic mass is 16.7. The van der Waals surface area contributed by atoms with E-state index < -0.39 is 6.29 Å². The number of carbonyl (C=O) groups is 1. The molecule has 0 radical (unpaired) electrons. The van der Waals surface area contributed by atoms with Crippen molar-refractivity contribution in [1.29, 1.82) is 0 Å². The number of hydrogen-bond donors (Lipinski definition) is 0. The molecule has 0 spiro atoms. The maximum atomic E-state index is 10.2. The summed E-state index contributed by atoms with van der Waals surface area (Å²) in [6, 6.07) is 7.39. The molecule has 15 heavy (non-hydrogen) atoms. The molecule has 0 heterocycles. The SMILES string of the molecule is COC(OC)c1ccccc1C#CC=O. The molecule has 0 aliphatic carbocycles. The van der Waals surface area contributed by atoms with E-state index in [9.17, 15) is 4.79 Å². The number of hydrogen-bond acceptors (Lipinski definition) is 3. The summed E-state index contributed by atoms with van der Waals surface area (Å²) in [5.74, 6) is 5.10. The van der Waals surface area contributed by atoms with Crippen LogP contribution in [-0.2, 0) is 14.3 Å². The van der Waals surface area contributed by atoms with Crippen molar-refractivity contribution < 1.29 is 14.3 Å². The van der Waals surface area contributed by atoms with Gasteiger partial charge in [-0.1, -0.05) is 24.1 Å². The number of aldehydes is 1. The fraction of sp³-hybridized carbons (Fsp3) is 0.250. The third kappa shape index (κ3) is 2.91. The van der Waals surface area contributed by atoms with Gasteiger partial charge in [0, 0.05) is 25.3 Å². The van der Waals surface area contributed by atoms with E-state index in [-0.39, 0.29) is 0 Å². The number of carbonyl (C=O) groups excluding carboxylic acids is 1. The van der Waals surface area contributed by atoms with Crippen LogP contribution in [0.5, 0.6) is 0 Å². The number of rotatable bonds is 3. The first kappa shape index (κ1) is 11.4. The zero-order valence-electron chi connectivity index (χ0n) is 8.69. The highest BCUT2D eigenvalue weighted by Gasteiger charge is 2.11. The van der Waals surface area contributed by atoms with Gasteiger partial charge in [-0.15, -0.1) is 0 Å². The van der Waals surface area contributed by atoms with Gasteiger partial charge in [0.15, 0.2) is 12.6 Å². The maximum absolute atomic E-state index is 10.2. The van der Waals surface area contributed by atoms with E-state index in [1.807, 2.05) is 24.3 Å². The molecule has 0 N–H and O–H groups in total. The second-order valence-electron chi connectivity index (χ2n) is 2.78. The van der Waals surface area contributed by atoms with Crippen LogP contribution in [0.2, 0.25) is 0 Å². The summed E-state index contributed by atoms with van der Waals surface area (Å²) < 4.78 is 10.3. The largest absolute Gasteiger partial charge is 0.352 e. The van der Waals surface area contributed by atoms with Crippen LogP contribution in [-0.4, -0.2) is 20.5 Å². The van der Waals surface area contributed by atoms with Crippen LogP contribution in [0.1, 0.15) is 17.4 Å². The monoisotopic (exact) mass is 204 g/mol. The highest BCUT2D eigenvalue weighted by Crippen LogP contribution is 2.20. The van der Waals surface area contributed by atoms with E-state index in [0.717, 1.165) is 11.1 Å². The zero-order chi connectivity index (χ0) is 11.1. The van der Waals surface area contributed by atoms with Crippen molar-refractivity contribution in [3.8, 4) is 11.8 Å². The number of methoxy groups -OCH3 is 2. The van der Waals surface area contributed by atoms with Gasteiger partial charge in [-0.2, -0.15) is 0 Å². The Morgan fingerprint density at radius 3 is 2.53 bits per heavy atom. The Hall–Kier alpha value is -1.63. The molecule has 0 saturated carbocycles. The summed E-state index contributed by atoms with van der Waals surface area (Å²) in [5.41, 5.74) is 1.55. The number of ether oxygens (including phenoxy) is 2. The average molecular weight is 204 g/mol. The lowest BCUT2D eigenvalue weighted by molar-refractivity contribution is -0.106. The predicted octanol–water partition coefficient (Wildman–Crippen LogP) is 1.53. The molecule has 0 fully saturated rings. The highest BCUT2D eigenvalue weighted by molar-refractivity contribution is 5.74. The minimum absolute atomic E-state index is 0.456. The van der Waals surface area contributed by atoms with Gasteiger partial charge in [0.2, 0.25) is 0 Å². The molecule has 0 aromatic heterocycles. The summed E-state index contributed by atoms with van der Waals surface area (Å²) in [6.45, 7) is 0. The predicted molar refractivity (Wildman–Crippen MR) is 56.1 cm³/mol. The minimum atomic E-state index is -0.456. The molecule has 0 amide bonds. The molecule has 1 aromatic carbocycles. The standard InChI is InChI=1S/C12H12O3/c1-14-12(15-2)11-8-4-3-6-10(11)7-5-9-13/h3-4,6,8-9,12H,1-2H3. The third-order valence-electron chi connectivity index (χ3n) is 1.91. The molecule has 3 heteroatoms. The average Bonchev–Trinajstić information content (AvgIpc) is 2.29. The Labute approximate surface area is 89.0 Å². The molecule has 78 valence electrons. The zero-order valence-corrected chi connectivity index (χ0v) is 8.69. The summed E-state index contributed by atoms with van der Waals surface area (Å²) in [4.78, 5) is 10.2. The van der Waals surface area contributed by atoms with Gasteiger partial charge in [-0.3, -0.25) is 4.79 Å². The van der Waals surface area contributed by atoms with Crippen molar-refractivity contribution in [1.82, 2.24) is 0 Å². The Balaban J connectivity index is 3.10. The lowest BCUT2D eigenvalue weighted by Gasteiger charge is -2.14. The van der Waals surface area contributed by atoms with E-state index in [1.54, 1.807) is 14.2 Å². The second kappa shape index (κ2) is 5.97. The Kier molecular flexibility index (Phi) is 4.55. The van der Waals surface area contributed by atoms with Crippen molar-refractivity contribution in [2.45, 2.75) is 6.29 Å². The first-order valence-corrected chi connectivity index (χ1v) is 4.43. The molecule has 0 atom stereocenters. The van der Waals surface area contributed by atoms with Crippen molar-refractivity contribution in [2.24, 2.45) is 0 Å². The summed E-state index contributed by atoms with van der Waals surface area (Å²) >= 11 is 0. The van der Waals surface area contributed by atoms with Crippen molar-refractivity contribution in [2.75, 3.05) is 14.2 Å². The van der Waals surface area contributed by atoms with Gasteiger partial charge in [-0.05, 0) is 12.0 Å². The van der Waals surface area contributed by atoms with Gasteiger partial charge in [0.05, 0.1) is 0 Å². The van der Waals surface area contributed by atoms with Crippen LogP contribution < -0.4 is 0 Å². The topological polar surface area (TPSA) is 35.5 Å². The quantitative estimate of drug-likeness (QED) is 0.425. The molecule has 0 aliphatic heterocycles. The Morgan fingerprint density at radius 2 is 1.93 bits per heavy atom. The van der Waals surface area contributed by atoms with E-state index in [0.29, 0.717) is 6.29 Å².